The summed E-state index contributed by atoms with van der Waals surface area (Å²) in [5.41, 5.74) is 5.99. The Labute approximate surface area is 111 Å². The number of carbonyl (C=O) groups is 2. The van der Waals surface area contributed by atoms with E-state index in [1.165, 1.54) is 6.20 Å². The van der Waals surface area contributed by atoms with Crippen LogP contribution < -0.4 is 10.6 Å². The number of anilines is 1. The molecular weight excluding hydrogens is 242 g/mol. The molecule has 0 bridgehead atoms. The lowest BCUT2D eigenvalue weighted by molar-refractivity contribution is -0.122. The zero-order valence-electron chi connectivity index (χ0n) is 10.9. The standard InChI is InChI=1S/C14H15N3O2/c1-9-10(2)14(19)17(13(9)18)12-8-11(4-3-6-15)5-7-16-12/h5,7-10H,6,15H2,1-2H3. The van der Waals surface area contributed by atoms with Crippen LogP contribution in [0.2, 0.25) is 0 Å². The van der Waals surface area contributed by atoms with E-state index in [4.69, 9.17) is 5.73 Å². The summed E-state index contributed by atoms with van der Waals surface area (Å²) in [5, 5.41) is 0. The number of pyridine rings is 1. The molecule has 0 radical (unpaired) electrons. The number of imide groups is 1. The van der Waals surface area contributed by atoms with E-state index in [-0.39, 0.29) is 30.2 Å². The highest BCUT2D eigenvalue weighted by atomic mass is 16.2. The summed E-state index contributed by atoms with van der Waals surface area (Å²) in [6, 6.07) is 3.34. The summed E-state index contributed by atoms with van der Waals surface area (Å²) >= 11 is 0. The van der Waals surface area contributed by atoms with Crippen molar-refractivity contribution in [2.24, 2.45) is 17.6 Å². The summed E-state index contributed by atoms with van der Waals surface area (Å²) in [7, 11) is 0. The number of hydrogen-bond donors (Lipinski definition) is 1. The third-order valence-corrected chi connectivity index (χ3v) is 3.28. The van der Waals surface area contributed by atoms with Crippen molar-refractivity contribution in [1.82, 2.24) is 4.98 Å². The Morgan fingerprint density at radius 2 is 1.95 bits per heavy atom. The minimum atomic E-state index is -0.312. The predicted molar refractivity (Wildman–Crippen MR) is 71.0 cm³/mol. The molecule has 1 aromatic rings. The van der Waals surface area contributed by atoms with Gasteiger partial charge in [-0.05, 0) is 12.1 Å². The molecular formula is C14H15N3O2. The molecule has 1 saturated heterocycles. The van der Waals surface area contributed by atoms with Crippen molar-refractivity contribution in [2.45, 2.75) is 13.8 Å². The van der Waals surface area contributed by atoms with E-state index in [2.05, 4.69) is 16.8 Å². The van der Waals surface area contributed by atoms with Gasteiger partial charge < -0.3 is 5.73 Å². The Hall–Kier alpha value is -2.19. The minimum absolute atomic E-state index is 0.214. The summed E-state index contributed by atoms with van der Waals surface area (Å²) in [6.07, 6.45) is 1.53. The van der Waals surface area contributed by atoms with E-state index < -0.39 is 0 Å². The lowest BCUT2D eigenvalue weighted by atomic mass is 10.00. The number of hydrogen-bond acceptors (Lipinski definition) is 4. The van der Waals surface area contributed by atoms with Crippen LogP contribution in [0.25, 0.3) is 0 Å². The fourth-order valence-electron chi connectivity index (χ4n) is 1.94. The topological polar surface area (TPSA) is 76.3 Å². The first-order valence-corrected chi connectivity index (χ1v) is 6.09. The first-order valence-electron chi connectivity index (χ1n) is 6.09. The molecule has 2 heterocycles. The molecule has 2 rings (SSSR count). The van der Waals surface area contributed by atoms with Crippen molar-refractivity contribution in [1.29, 1.82) is 0 Å². The number of amides is 2. The molecule has 1 aliphatic heterocycles. The molecule has 2 unspecified atom stereocenters. The maximum absolute atomic E-state index is 12.1. The van der Waals surface area contributed by atoms with Gasteiger partial charge in [0.05, 0.1) is 6.54 Å². The average Bonchev–Trinajstić information content (AvgIpc) is 2.61. The lowest BCUT2D eigenvalue weighted by Crippen LogP contribution is -2.31. The van der Waals surface area contributed by atoms with E-state index in [0.717, 1.165) is 4.90 Å². The minimum Gasteiger partial charge on any atom is -0.320 e. The van der Waals surface area contributed by atoms with Crippen molar-refractivity contribution < 1.29 is 9.59 Å². The molecule has 0 spiro atoms. The SMILES string of the molecule is CC1C(=O)N(c2cc(C#CCN)ccn2)C(=O)C1C. The van der Waals surface area contributed by atoms with Crippen molar-refractivity contribution in [2.75, 3.05) is 11.4 Å². The van der Waals surface area contributed by atoms with Gasteiger partial charge in [0.15, 0.2) is 0 Å². The summed E-state index contributed by atoms with van der Waals surface area (Å²) in [6.45, 7) is 3.76. The van der Waals surface area contributed by atoms with Gasteiger partial charge in [-0.15, -0.1) is 0 Å². The second-order valence-corrected chi connectivity index (χ2v) is 4.50. The first kappa shape index (κ1) is 13.2. The molecule has 1 fully saturated rings. The Morgan fingerprint density at radius 1 is 1.32 bits per heavy atom. The molecule has 1 aromatic heterocycles. The Balaban J connectivity index is 2.37. The van der Waals surface area contributed by atoms with Gasteiger partial charge in [0.1, 0.15) is 5.82 Å². The van der Waals surface area contributed by atoms with Gasteiger partial charge in [0, 0.05) is 23.6 Å². The van der Waals surface area contributed by atoms with Crippen LogP contribution in [-0.2, 0) is 9.59 Å². The summed E-state index contributed by atoms with van der Waals surface area (Å²) in [5.74, 6) is 4.86. The van der Waals surface area contributed by atoms with E-state index in [9.17, 15) is 9.59 Å². The molecule has 98 valence electrons. The van der Waals surface area contributed by atoms with Crippen molar-refractivity contribution >= 4 is 17.6 Å². The summed E-state index contributed by atoms with van der Waals surface area (Å²) in [4.78, 5) is 29.3. The maximum atomic E-state index is 12.1. The largest absolute Gasteiger partial charge is 0.320 e. The fourth-order valence-corrected chi connectivity index (χ4v) is 1.94. The Morgan fingerprint density at radius 3 is 2.53 bits per heavy atom. The van der Waals surface area contributed by atoms with Crippen LogP contribution in [0, 0.1) is 23.7 Å². The third-order valence-electron chi connectivity index (χ3n) is 3.28. The molecule has 2 atom stereocenters. The molecule has 5 nitrogen and oxygen atoms in total. The first-order chi connectivity index (χ1) is 9.06. The smallest absolute Gasteiger partial charge is 0.238 e. The van der Waals surface area contributed by atoms with Crippen LogP contribution >= 0.6 is 0 Å². The van der Waals surface area contributed by atoms with Crippen LogP contribution in [0.5, 0.6) is 0 Å². The van der Waals surface area contributed by atoms with Crippen molar-refractivity contribution in [3.8, 4) is 11.8 Å². The highest BCUT2D eigenvalue weighted by molar-refractivity contribution is 6.21. The average molecular weight is 257 g/mol. The number of aromatic nitrogens is 1. The van der Waals surface area contributed by atoms with Crippen molar-refractivity contribution in [3.63, 3.8) is 0 Å². The number of carbonyl (C=O) groups excluding carboxylic acids is 2. The highest BCUT2D eigenvalue weighted by Crippen LogP contribution is 2.29. The zero-order valence-corrected chi connectivity index (χ0v) is 10.9. The van der Waals surface area contributed by atoms with Gasteiger partial charge in [-0.3, -0.25) is 9.59 Å². The van der Waals surface area contributed by atoms with Gasteiger partial charge in [0.2, 0.25) is 11.8 Å². The van der Waals surface area contributed by atoms with Gasteiger partial charge >= 0.3 is 0 Å². The Bertz CT molecular complexity index is 566. The van der Waals surface area contributed by atoms with Gasteiger partial charge in [-0.1, -0.05) is 25.7 Å². The van der Waals surface area contributed by atoms with Crippen LogP contribution in [0.4, 0.5) is 5.82 Å². The molecule has 0 aromatic carbocycles. The second-order valence-electron chi connectivity index (χ2n) is 4.50. The predicted octanol–water partition coefficient (Wildman–Crippen LogP) is 0.537. The summed E-state index contributed by atoms with van der Waals surface area (Å²) < 4.78 is 0. The Kier molecular flexibility index (Phi) is 3.63. The normalized spacial score (nSPS) is 22.4. The quantitative estimate of drug-likeness (QED) is 0.588. The fraction of sp³-hybridized carbons (Fsp3) is 0.357. The molecule has 2 amide bonds. The molecule has 1 aliphatic rings. The van der Waals surface area contributed by atoms with Gasteiger partial charge in [0.25, 0.3) is 0 Å². The van der Waals surface area contributed by atoms with E-state index in [1.54, 1.807) is 26.0 Å². The second kappa shape index (κ2) is 5.21. The number of nitrogens with two attached hydrogens (primary N) is 1. The maximum Gasteiger partial charge on any atom is 0.238 e. The third kappa shape index (κ3) is 2.35. The number of nitrogens with zero attached hydrogens (tertiary/aromatic N) is 2. The van der Waals surface area contributed by atoms with Crippen LogP contribution in [0.15, 0.2) is 18.3 Å². The van der Waals surface area contributed by atoms with Crippen LogP contribution in [0.1, 0.15) is 19.4 Å². The van der Waals surface area contributed by atoms with E-state index in [1.807, 2.05) is 0 Å². The monoisotopic (exact) mass is 257 g/mol. The molecule has 0 saturated carbocycles. The lowest BCUT2D eigenvalue weighted by Gasteiger charge is -2.13. The molecule has 2 N–H and O–H groups in total. The van der Waals surface area contributed by atoms with E-state index >= 15 is 0 Å². The van der Waals surface area contributed by atoms with Gasteiger partial charge in [-0.2, -0.15) is 0 Å². The van der Waals surface area contributed by atoms with Crippen molar-refractivity contribution in [3.05, 3.63) is 23.9 Å². The van der Waals surface area contributed by atoms with Gasteiger partial charge in [-0.25, -0.2) is 9.88 Å². The van der Waals surface area contributed by atoms with Crippen LogP contribution in [0.3, 0.4) is 0 Å². The highest BCUT2D eigenvalue weighted by Gasteiger charge is 2.43. The van der Waals surface area contributed by atoms with E-state index in [0.29, 0.717) is 11.4 Å². The molecule has 0 aliphatic carbocycles. The molecule has 5 heteroatoms. The number of rotatable bonds is 1. The van der Waals surface area contributed by atoms with Crippen LogP contribution in [-0.4, -0.2) is 23.3 Å². The zero-order chi connectivity index (χ0) is 14.0. The molecule has 19 heavy (non-hydrogen) atoms.